The van der Waals surface area contributed by atoms with Gasteiger partial charge in [-0.05, 0) is 35.7 Å². The predicted octanol–water partition coefficient (Wildman–Crippen LogP) is 2.78. The molecule has 88 valence electrons. The Morgan fingerprint density at radius 1 is 1.24 bits per heavy atom. The normalized spacial score (nSPS) is 9.88. The number of hydrogen-bond donors (Lipinski definition) is 3. The molecule has 0 saturated heterocycles. The van der Waals surface area contributed by atoms with Crippen molar-refractivity contribution in [3.05, 3.63) is 46.7 Å². The number of hydrogen-bond acceptors (Lipinski definition) is 3. The predicted molar refractivity (Wildman–Crippen MR) is 68.3 cm³/mol. The molecule has 0 saturated carbocycles. The molecule has 2 rings (SSSR count). The highest BCUT2D eigenvalue weighted by Gasteiger charge is 2.01. The molecule has 0 radical (unpaired) electrons. The molecule has 3 N–H and O–H groups in total. The molecule has 17 heavy (non-hydrogen) atoms. The third kappa shape index (κ3) is 3.49. The van der Waals surface area contributed by atoms with E-state index >= 15 is 0 Å². The summed E-state index contributed by atoms with van der Waals surface area (Å²) in [5.74, 6) is 0.176. The molecule has 4 nitrogen and oxygen atoms in total. The van der Waals surface area contributed by atoms with Crippen molar-refractivity contribution in [3.63, 3.8) is 0 Å². The van der Waals surface area contributed by atoms with Crippen LogP contribution in [0.25, 0.3) is 0 Å². The largest absolute Gasteiger partial charge is 0.508 e. The van der Waals surface area contributed by atoms with Gasteiger partial charge in [-0.2, -0.15) is 0 Å². The van der Waals surface area contributed by atoms with Crippen LogP contribution < -0.4 is 10.6 Å². The van der Waals surface area contributed by atoms with Gasteiger partial charge >= 0.3 is 6.03 Å². The summed E-state index contributed by atoms with van der Waals surface area (Å²) < 4.78 is 0. The van der Waals surface area contributed by atoms with E-state index in [0.29, 0.717) is 12.2 Å². The molecule has 0 fully saturated rings. The SMILES string of the molecule is O=C(NCc1cccs1)Nc1ccc(O)cc1. The zero-order valence-electron chi connectivity index (χ0n) is 9.01. The topological polar surface area (TPSA) is 61.4 Å². The van der Waals surface area contributed by atoms with Crippen LogP contribution >= 0.6 is 11.3 Å². The maximum atomic E-state index is 11.5. The fraction of sp³-hybridized carbons (Fsp3) is 0.0833. The molecule has 0 aliphatic carbocycles. The Kier molecular flexibility index (Phi) is 3.62. The van der Waals surface area contributed by atoms with Gasteiger partial charge in [0.05, 0.1) is 6.54 Å². The van der Waals surface area contributed by atoms with Crippen molar-refractivity contribution in [2.24, 2.45) is 0 Å². The van der Waals surface area contributed by atoms with Gasteiger partial charge < -0.3 is 15.7 Å². The van der Waals surface area contributed by atoms with E-state index in [1.807, 2.05) is 17.5 Å². The minimum atomic E-state index is -0.260. The zero-order valence-corrected chi connectivity index (χ0v) is 9.83. The number of carbonyl (C=O) groups excluding carboxylic acids is 1. The first-order chi connectivity index (χ1) is 8.24. The van der Waals surface area contributed by atoms with Crippen LogP contribution in [0.15, 0.2) is 41.8 Å². The Morgan fingerprint density at radius 2 is 2.00 bits per heavy atom. The second-order valence-electron chi connectivity index (χ2n) is 3.43. The number of aromatic hydroxyl groups is 1. The van der Waals surface area contributed by atoms with E-state index in [9.17, 15) is 4.79 Å². The van der Waals surface area contributed by atoms with Crippen LogP contribution in [0.1, 0.15) is 4.88 Å². The van der Waals surface area contributed by atoms with E-state index < -0.39 is 0 Å². The fourth-order valence-electron chi connectivity index (χ4n) is 1.30. The quantitative estimate of drug-likeness (QED) is 0.731. The zero-order chi connectivity index (χ0) is 12.1. The molecule has 0 spiro atoms. The summed E-state index contributed by atoms with van der Waals surface area (Å²) >= 11 is 1.60. The van der Waals surface area contributed by atoms with E-state index in [2.05, 4.69) is 10.6 Å². The van der Waals surface area contributed by atoms with Crippen molar-refractivity contribution in [2.45, 2.75) is 6.54 Å². The van der Waals surface area contributed by atoms with E-state index in [0.717, 1.165) is 4.88 Å². The highest BCUT2D eigenvalue weighted by Crippen LogP contribution is 2.13. The van der Waals surface area contributed by atoms with Crippen LogP contribution in [-0.2, 0) is 6.54 Å². The Bertz CT molecular complexity index is 480. The number of anilines is 1. The second kappa shape index (κ2) is 5.36. The summed E-state index contributed by atoms with van der Waals surface area (Å²) in [5.41, 5.74) is 0.645. The van der Waals surface area contributed by atoms with E-state index in [-0.39, 0.29) is 11.8 Å². The summed E-state index contributed by atoms with van der Waals surface area (Å²) in [4.78, 5) is 12.6. The monoisotopic (exact) mass is 248 g/mol. The first-order valence-electron chi connectivity index (χ1n) is 5.10. The van der Waals surface area contributed by atoms with Crippen molar-refractivity contribution >= 4 is 23.1 Å². The van der Waals surface area contributed by atoms with Gasteiger partial charge in [-0.25, -0.2) is 4.79 Å². The van der Waals surface area contributed by atoms with Crippen molar-refractivity contribution in [1.82, 2.24) is 5.32 Å². The summed E-state index contributed by atoms with van der Waals surface area (Å²) in [5, 5.41) is 16.5. The van der Waals surface area contributed by atoms with Crippen LogP contribution in [0, 0.1) is 0 Å². The third-order valence-electron chi connectivity index (χ3n) is 2.13. The van der Waals surface area contributed by atoms with Crippen LogP contribution in [0.2, 0.25) is 0 Å². The molecular formula is C12H12N2O2S. The summed E-state index contributed by atoms with van der Waals surface area (Å²) in [6.45, 7) is 0.515. The van der Waals surface area contributed by atoms with E-state index in [1.165, 1.54) is 12.1 Å². The van der Waals surface area contributed by atoms with Gasteiger partial charge in [0, 0.05) is 10.6 Å². The Balaban J connectivity index is 1.83. The standard InChI is InChI=1S/C12H12N2O2S/c15-10-5-3-9(4-6-10)14-12(16)13-8-11-2-1-7-17-11/h1-7,15H,8H2,(H2,13,14,16). The van der Waals surface area contributed by atoms with Crippen LogP contribution in [0.5, 0.6) is 5.75 Å². The van der Waals surface area contributed by atoms with Crippen molar-refractivity contribution in [2.75, 3.05) is 5.32 Å². The second-order valence-corrected chi connectivity index (χ2v) is 4.47. The lowest BCUT2D eigenvalue weighted by Crippen LogP contribution is -2.27. The number of phenolic OH excluding ortho intramolecular Hbond substituents is 1. The van der Waals surface area contributed by atoms with Crippen LogP contribution in [0.3, 0.4) is 0 Å². The molecule has 1 aromatic heterocycles. The number of thiophene rings is 1. The highest BCUT2D eigenvalue weighted by atomic mass is 32.1. The van der Waals surface area contributed by atoms with Gasteiger partial charge in [0.1, 0.15) is 5.75 Å². The van der Waals surface area contributed by atoms with Crippen molar-refractivity contribution in [3.8, 4) is 5.75 Å². The molecule has 2 amide bonds. The summed E-state index contributed by atoms with van der Waals surface area (Å²) in [6, 6.07) is 9.97. The van der Waals surface area contributed by atoms with Crippen molar-refractivity contribution in [1.29, 1.82) is 0 Å². The van der Waals surface area contributed by atoms with Crippen LogP contribution in [-0.4, -0.2) is 11.1 Å². The van der Waals surface area contributed by atoms with Gasteiger partial charge in [-0.15, -0.1) is 11.3 Å². The van der Waals surface area contributed by atoms with E-state index in [1.54, 1.807) is 23.5 Å². The fourth-order valence-corrected chi connectivity index (χ4v) is 1.95. The smallest absolute Gasteiger partial charge is 0.319 e. The maximum absolute atomic E-state index is 11.5. The molecule has 1 heterocycles. The van der Waals surface area contributed by atoms with Gasteiger partial charge in [-0.3, -0.25) is 0 Å². The lowest BCUT2D eigenvalue weighted by Gasteiger charge is -2.06. The molecule has 2 aromatic rings. The lowest BCUT2D eigenvalue weighted by molar-refractivity contribution is 0.252. The number of urea groups is 1. The first-order valence-corrected chi connectivity index (χ1v) is 5.98. The van der Waals surface area contributed by atoms with Gasteiger partial charge in [0.15, 0.2) is 0 Å². The molecule has 5 heteroatoms. The van der Waals surface area contributed by atoms with Gasteiger partial charge in [0.25, 0.3) is 0 Å². The number of carbonyl (C=O) groups is 1. The molecule has 1 aromatic carbocycles. The van der Waals surface area contributed by atoms with E-state index in [4.69, 9.17) is 5.11 Å². The number of rotatable bonds is 3. The van der Waals surface area contributed by atoms with Crippen LogP contribution in [0.4, 0.5) is 10.5 Å². The summed E-state index contributed by atoms with van der Waals surface area (Å²) in [6.07, 6.45) is 0. The Morgan fingerprint density at radius 3 is 2.65 bits per heavy atom. The Hall–Kier alpha value is -2.01. The minimum absolute atomic E-state index is 0.176. The first kappa shape index (κ1) is 11.5. The highest BCUT2D eigenvalue weighted by molar-refractivity contribution is 7.09. The minimum Gasteiger partial charge on any atom is -0.508 e. The number of nitrogens with one attached hydrogen (secondary N) is 2. The number of amides is 2. The lowest BCUT2D eigenvalue weighted by atomic mass is 10.3. The summed E-state index contributed by atoms with van der Waals surface area (Å²) in [7, 11) is 0. The molecule has 0 unspecified atom stereocenters. The van der Waals surface area contributed by atoms with Gasteiger partial charge in [0.2, 0.25) is 0 Å². The maximum Gasteiger partial charge on any atom is 0.319 e. The Labute approximate surface area is 103 Å². The number of phenols is 1. The average Bonchev–Trinajstić information content (AvgIpc) is 2.83. The number of benzene rings is 1. The van der Waals surface area contributed by atoms with Crippen molar-refractivity contribution < 1.29 is 9.90 Å². The molecular weight excluding hydrogens is 236 g/mol. The molecule has 0 aliphatic rings. The third-order valence-corrected chi connectivity index (χ3v) is 3.00. The molecule has 0 bridgehead atoms. The average molecular weight is 248 g/mol. The molecule has 0 atom stereocenters. The van der Waals surface area contributed by atoms with Gasteiger partial charge in [-0.1, -0.05) is 6.07 Å². The molecule has 0 aliphatic heterocycles.